The van der Waals surface area contributed by atoms with Crippen molar-refractivity contribution in [2.45, 2.75) is 13.1 Å². The van der Waals surface area contributed by atoms with Gasteiger partial charge in [-0.1, -0.05) is 29.7 Å². The second-order valence-corrected chi connectivity index (χ2v) is 9.45. The third-order valence-corrected chi connectivity index (χ3v) is 6.79. The molecule has 0 aliphatic heterocycles. The van der Waals surface area contributed by atoms with Crippen molar-refractivity contribution in [1.29, 1.82) is 0 Å². The average molecular weight is 552 g/mol. The van der Waals surface area contributed by atoms with Crippen molar-refractivity contribution in [3.05, 3.63) is 105 Å². The lowest BCUT2D eigenvalue weighted by Crippen LogP contribution is -2.28. The molecular formula is C29H19ClFN7O2. The lowest BCUT2D eigenvalue weighted by molar-refractivity contribution is 0.475. The molecule has 0 aliphatic carbocycles. The van der Waals surface area contributed by atoms with Crippen molar-refractivity contribution in [1.82, 2.24) is 29.3 Å². The molecule has 0 bridgehead atoms. The highest BCUT2D eigenvalue weighted by Crippen LogP contribution is 2.31. The molecule has 9 nitrogen and oxygen atoms in total. The molecule has 3 N–H and O–H groups in total. The molecule has 0 saturated carbocycles. The highest BCUT2D eigenvalue weighted by Gasteiger charge is 2.21. The monoisotopic (exact) mass is 551 g/mol. The van der Waals surface area contributed by atoms with Gasteiger partial charge in [0.05, 0.1) is 22.8 Å². The number of hydrogen-bond donors (Lipinski definition) is 2. The van der Waals surface area contributed by atoms with E-state index in [0.717, 1.165) is 0 Å². The van der Waals surface area contributed by atoms with Crippen LogP contribution in [0.4, 0.5) is 10.2 Å². The molecule has 0 saturated heterocycles. The number of nitrogens with two attached hydrogens (primary N) is 1. The summed E-state index contributed by atoms with van der Waals surface area (Å²) in [5, 5.41) is 15.5. The zero-order valence-corrected chi connectivity index (χ0v) is 21.5. The van der Waals surface area contributed by atoms with E-state index in [1.807, 2.05) is 0 Å². The van der Waals surface area contributed by atoms with Crippen LogP contribution in [0, 0.1) is 18.2 Å². The van der Waals surface area contributed by atoms with Gasteiger partial charge in [0.1, 0.15) is 41.8 Å². The third kappa shape index (κ3) is 4.28. The summed E-state index contributed by atoms with van der Waals surface area (Å²) in [6, 6.07) is 15.8. The Labute approximate surface area is 231 Å². The van der Waals surface area contributed by atoms with Gasteiger partial charge in [-0.25, -0.2) is 24.0 Å². The first-order valence-corrected chi connectivity index (χ1v) is 12.4. The van der Waals surface area contributed by atoms with Crippen LogP contribution in [0.2, 0.25) is 5.02 Å². The second kappa shape index (κ2) is 9.80. The SMILES string of the molecule is C#Cc1cccc2nc(Cn3nc(-c4ccc(O)cc4)c4c(N)ncnc43)n(Cc3ccc(Cl)cc3F)c(=O)c12. The summed E-state index contributed by atoms with van der Waals surface area (Å²) in [4.78, 5) is 27.1. The first-order chi connectivity index (χ1) is 19.3. The summed E-state index contributed by atoms with van der Waals surface area (Å²) in [5.74, 6) is 2.58. The maximum absolute atomic E-state index is 14.8. The van der Waals surface area contributed by atoms with Crippen LogP contribution in [0.15, 0.2) is 71.8 Å². The van der Waals surface area contributed by atoms with Crippen LogP contribution in [-0.2, 0) is 13.1 Å². The maximum Gasteiger partial charge on any atom is 0.263 e. The van der Waals surface area contributed by atoms with Gasteiger partial charge >= 0.3 is 0 Å². The van der Waals surface area contributed by atoms with Crippen LogP contribution in [0.5, 0.6) is 5.75 Å². The Bertz CT molecular complexity index is 2050. The Morgan fingerprint density at radius 1 is 1.05 bits per heavy atom. The lowest BCUT2D eigenvalue weighted by Gasteiger charge is -2.15. The van der Waals surface area contributed by atoms with Gasteiger partial charge in [0.25, 0.3) is 5.56 Å². The van der Waals surface area contributed by atoms with Crippen molar-refractivity contribution in [3.63, 3.8) is 0 Å². The molecular weight excluding hydrogens is 533 g/mol. The molecule has 0 aliphatic rings. The van der Waals surface area contributed by atoms with Crippen LogP contribution in [0.1, 0.15) is 17.0 Å². The van der Waals surface area contributed by atoms with E-state index >= 15 is 0 Å². The van der Waals surface area contributed by atoms with E-state index in [1.54, 1.807) is 41.1 Å². The molecule has 3 heterocycles. The number of aromatic hydroxyl groups is 1. The highest BCUT2D eigenvalue weighted by molar-refractivity contribution is 6.30. The van der Waals surface area contributed by atoms with Crippen molar-refractivity contribution >= 4 is 39.4 Å². The number of anilines is 1. The summed E-state index contributed by atoms with van der Waals surface area (Å²) >= 11 is 5.95. The van der Waals surface area contributed by atoms with Crippen LogP contribution in [0.25, 0.3) is 33.2 Å². The maximum atomic E-state index is 14.8. The number of hydrogen-bond acceptors (Lipinski definition) is 7. The van der Waals surface area contributed by atoms with Crippen molar-refractivity contribution in [2.24, 2.45) is 0 Å². The minimum absolute atomic E-state index is 0.00823. The van der Waals surface area contributed by atoms with Crippen molar-refractivity contribution < 1.29 is 9.50 Å². The predicted octanol–water partition coefficient (Wildman–Crippen LogP) is 4.36. The molecule has 11 heteroatoms. The molecule has 3 aromatic carbocycles. The molecule has 40 heavy (non-hydrogen) atoms. The normalized spacial score (nSPS) is 11.2. The molecule has 6 rings (SSSR count). The first-order valence-electron chi connectivity index (χ1n) is 12.0. The van der Waals surface area contributed by atoms with Gasteiger partial charge in [-0.3, -0.25) is 9.36 Å². The Morgan fingerprint density at radius 3 is 2.60 bits per heavy atom. The largest absolute Gasteiger partial charge is 0.508 e. The molecule has 0 amide bonds. The number of terminal acetylenes is 1. The Hall–Kier alpha value is -5.27. The lowest BCUT2D eigenvalue weighted by atomic mass is 10.1. The van der Waals surface area contributed by atoms with E-state index in [2.05, 4.69) is 15.9 Å². The molecule has 6 aromatic rings. The molecule has 0 spiro atoms. The van der Waals surface area contributed by atoms with E-state index in [1.165, 1.54) is 35.2 Å². The second-order valence-electron chi connectivity index (χ2n) is 9.01. The average Bonchev–Trinajstić information content (AvgIpc) is 3.31. The minimum Gasteiger partial charge on any atom is -0.508 e. The fourth-order valence-electron chi connectivity index (χ4n) is 4.63. The van der Waals surface area contributed by atoms with Crippen molar-refractivity contribution in [2.75, 3.05) is 5.73 Å². The molecule has 196 valence electrons. The number of aromatic nitrogens is 6. The van der Waals surface area contributed by atoms with Crippen molar-refractivity contribution in [3.8, 4) is 29.4 Å². The molecule has 0 atom stereocenters. The first kappa shape index (κ1) is 25.0. The van der Waals surface area contributed by atoms with E-state index in [-0.39, 0.29) is 40.6 Å². The Balaban J connectivity index is 1.57. The zero-order valence-electron chi connectivity index (χ0n) is 20.7. The summed E-state index contributed by atoms with van der Waals surface area (Å²) in [5.41, 5.74) is 8.39. The number of nitrogens with zero attached hydrogens (tertiary/aromatic N) is 6. The van der Waals surface area contributed by atoms with E-state index < -0.39 is 11.4 Å². The third-order valence-electron chi connectivity index (χ3n) is 6.55. The number of phenols is 1. The number of phenolic OH excluding ortho intramolecular Hbond substituents is 1. The van der Waals surface area contributed by atoms with Crippen LogP contribution >= 0.6 is 11.6 Å². The number of halogens is 2. The van der Waals surface area contributed by atoms with E-state index in [4.69, 9.17) is 33.8 Å². The zero-order chi connectivity index (χ0) is 28.0. The molecule has 3 aromatic heterocycles. The number of nitrogen functional groups attached to an aromatic ring is 1. The number of benzene rings is 3. The van der Waals surface area contributed by atoms with Gasteiger partial charge in [0.15, 0.2) is 5.65 Å². The number of rotatable bonds is 5. The van der Waals surface area contributed by atoms with Crippen LogP contribution in [-0.4, -0.2) is 34.4 Å². The summed E-state index contributed by atoms with van der Waals surface area (Å²) in [6.45, 7) is -0.133. The Kier molecular flexibility index (Phi) is 6.13. The molecule has 0 fully saturated rings. The standard InChI is InChI=1S/C29H19ClFN7O2/c1-2-16-4-3-5-22-24(16)29(40)37(13-18-6-9-19(30)12-21(18)31)23(35-22)14-38-28-25(27(32)33-15-34-28)26(36-38)17-7-10-20(39)11-8-17/h1,3-12,15,39H,13-14H2,(H2,32,33,34). The Morgan fingerprint density at radius 2 is 1.85 bits per heavy atom. The summed E-state index contributed by atoms with van der Waals surface area (Å²) < 4.78 is 17.8. The fraction of sp³-hybridized carbons (Fsp3) is 0.0690. The van der Waals surface area contributed by atoms with E-state index in [0.29, 0.717) is 39.2 Å². The van der Waals surface area contributed by atoms with Gasteiger partial charge in [0, 0.05) is 21.7 Å². The highest BCUT2D eigenvalue weighted by atomic mass is 35.5. The number of fused-ring (bicyclic) bond motifs is 2. The predicted molar refractivity (Wildman–Crippen MR) is 150 cm³/mol. The van der Waals surface area contributed by atoms with Gasteiger partial charge in [-0.2, -0.15) is 5.10 Å². The van der Waals surface area contributed by atoms with Gasteiger partial charge in [0.2, 0.25) is 0 Å². The minimum atomic E-state index is -0.560. The molecule has 0 unspecified atom stereocenters. The summed E-state index contributed by atoms with van der Waals surface area (Å²) in [6.07, 6.45) is 7.00. The van der Waals surface area contributed by atoms with E-state index in [9.17, 15) is 14.3 Å². The van der Waals surface area contributed by atoms with Gasteiger partial charge in [-0.05, 0) is 48.5 Å². The fourth-order valence-corrected chi connectivity index (χ4v) is 4.79. The van der Waals surface area contributed by atoms with Crippen LogP contribution in [0.3, 0.4) is 0 Å². The smallest absolute Gasteiger partial charge is 0.263 e. The van der Waals surface area contributed by atoms with Gasteiger partial charge < -0.3 is 10.8 Å². The van der Waals surface area contributed by atoms with Crippen LogP contribution < -0.4 is 11.3 Å². The molecule has 0 radical (unpaired) electrons. The summed E-state index contributed by atoms with van der Waals surface area (Å²) in [7, 11) is 0. The van der Waals surface area contributed by atoms with Gasteiger partial charge in [-0.15, -0.1) is 6.42 Å². The quantitative estimate of drug-likeness (QED) is 0.305. The topological polar surface area (TPSA) is 125 Å².